The molecular weight excluding hydrogens is 216 g/mol. The van der Waals surface area contributed by atoms with Gasteiger partial charge in [-0.05, 0) is 36.5 Å². The maximum atomic E-state index is 1.59. The van der Waals surface area contributed by atoms with Gasteiger partial charge in [0.15, 0.2) is 0 Å². The first-order valence-electron chi connectivity index (χ1n) is 8.95. The van der Waals surface area contributed by atoms with Gasteiger partial charge >= 0.3 is 0 Å². The first-order valence-corrected chi connectivity index (χ1v) is 8.95. The van der Waals surface area contributed by atoms with Gasteiger partial charge in [-0.2, -0.15) is 0 Å². The second kappa shape index (κ2) is 6.44. The predicted octanol–water partition coefficient (Wildman–Crippen LogP) is 5.95. The first-order chi connectivity index (χ1) is 8.95. The molecule has 3 saturated carbocycles. The molecule has 0 aromatic rings. The quantitative estimate of drug-likeness (QED) is 0.566. The molecule has 0 aromatic carbocycles. The van der Waals surface area contributed by atoms with Gasteiger partial charge in [0.25, 0.3) is 0 Å². The summed E-state index contributed by atoms with van der Waals surface area (Å²) in [6, 6.07) is 0. The molecule has 0 nitrogen and oxygen atoms in total. The second-order valence-corrected chi connectivity index (χ2v) is 7.41. The van der Waals surface area contributed by atoms with E-state index in [4.69, 9.17) is 0 Å². The second-order valence-electron chi connectivity index (χ2n) is 7.41. The lowest BCUT2D eigenvalue weighted by atomic mass is 9.62. The van der Waals surface area contributed by atoms with Crippen LogP contribution < -0.4 is 0 Å². The molecule has 0 amide bonds. The van der Waals surface area contributed by atoms with Gasteiger partial charge in [0.2, 0.25) is 0 Å². The molecule has 3 fully saturated rings. The topological polar surface area (TPSA) is 0 Å². The zero-order chi connectivity index (χ0) is 12.2. The summed E-state index contributed by atoms with van der Waals surface area (Å²) in [6.07, 6.45) is 21.8. The lowest BCUT2D eigenvalue weighted by Gasteiger charge is -2.44. The van der Waals surface area contributed by atoms with Gasteiger partial charge in [-0.25, -0.2) is 0 Å². The number of rotatable bonds is 2. The zero-order valence-electron chi connectivity index (χ0n) is 12.2. The number of hydrogen-bond donors (Lipinski definition) is 0. The van der Waals surface area contributed by atoms with Gasteiger partial charge in [0.05, 0.1) is 0 Å². The Bertz CT molecular complexity index is 206. The molecule has 0 heterocycles. The van der Waals surface area contributed by atoms with Crippen molar-refractivity contribution in [1.82, 2.24) is 0 Å². The van der Waals surface area contributed by atoms with E-state index in [0.29, 0.717) is 0 Å². The zero-order valence-corrected chi connectivity index (χ0v) is 12.2. The van der Waals surface area contributed by atoms with E-state index in [2.05, 4.69) is 0 Å². The molecule has 0 aromatic heterocycles. The van der Waals surface area contributed by atoms with Crippen LogP contribution >= 0.6 is 0 Å². The Morgan fingerprint density at radius 2 is 0.667 bits per heavy atom. The van der Waals surface area contributed by atoms with Crippen molar-refractivity contribution in [2.45, 2.75) is 89.9 Å². The van der Waals surface area contributed by atoms with Crippen molar-refractivity contribution >= 4 is 0 Å². The molecule has 0 unspecified atom stereocenters. The van der Waals surface area contributed by atoms with Crippen molar-refractivity contribution in [2.24, 2.45) is 23.7 Å². The summed E-state index contributed by atoms with van der Waals surface area (Å²) >= 11 is 0. The minimum absolute atomic E-state index is 1.13. The van der Waals surface area contributed by atoms with Crippen LogP contribution in [0.2, 0.25) is 0 Å². The summed E-state index contributed by atoms with van der Waals surface area (Å²) in [5, 5.41) is 0. The average molecular weight is 248 g/mol. The van der Waals surface area contributed by atoms with Crippen molar-refractivity contribution < 1.29 is 0 Å². The van der Waals surface area contributed by atoms with Crippen LogP contribution in [0.4, 0.5) is 0 Å². The van der Waals surface area contributed by atoms with Crippen LogP contribution in [0.1, 0.15) is 89.9 Å². The van der Waals surface area contributed by atoms with Crippen LogP contribution in [0.25, 0.3) is 0 Å². The van der Waals surface area contributed by atoms with E-state index >= 15 is 0 Å². The van der Waals surface area contributed by atoms with E-state index in [1.807, 2.05) is 0 Å². The fraction of sp³-hybridized carbons (Fsp3) is 1.00. The lowest BCUT2D eigenvalue weighted by molar-refractivity contribution is 0.0687. The Hall–Kier alpha value is 0. The third-order valence-corrected chi connectivity index (χ3v) is 6.39. The summed E-state index contributed by atoms with van der Waals surface area (Å²) in [4.78, 5) is 0. The highest BCUT2D eigenvalue weighted by atomic mass is 14.4. The van der Waals surface area contributed by atoms with Crippen LogP contribution in [0.3, 0.4) is 0 Å². The molecule has 3 rings (SSSR count). The Labute approximate surface area is 114 Å². The van der Waals surface area contributed by atoms with Gasteiger partial charge in [-0.15, -0.1) is 0 Å². The summed E-state index contributed by atoms with van der Waals surface area (Å²) in [5.41, 5.74) is 0. The van der Waals surface area contributed by atoms with Crippen molar-refractivity contribution in [1.29, 1.82) is 0 Å². The number of hydrogen-bond acceptors (Lipinski definition) is 0. The van der Waals surface area contributed by atoms with E-state index in [1.54, 1.807) is 77.0 Å². The molecule has 3 aliphatic carbocycles. The summed E-state index contributed by atoms with van der Waals surface area (Å²) in [5.74, 6) is 4.54. The maximum Gasteiger partial charge on any atom is -0.0355 e. The van der Waals surface area contributed by atoms with Crippen LogP contribution in [0.15, 0.2) is 0 Å². The maximum absolute atomic E-state index is 1.59. The highest BCUT2D eigenvalue weighted by molar-refractivity contribution is 4.87. The van der Waals surface area contributed by atoms with Gasteiger partial charge < -0.3 is 0 Å². The molecule has 18 heavy (non-hydrogen) atoms. The van der Waals surface area contributed by atoms with Crippen molar-refractivity contribution in [3.63, 3.8) is 0 Å². The van der Waals surface area contributed by atoms with E-state index in [1.165, 1.54) is 12.8 Å². The highest BCUT2D eigenvalue weighted by Gasteiger charge is 2.36. The van der Waals surface area contributed by atoms with Crippen molar-refractivity contribution in [3.8, 4) is 0 Å². The average Bonchev–Trinajstić information content (AvgIpc) is 2.49. The standard InChI is InChI=1S/C18H32/c1-3-9-15(10-4-1)17-13-7-8-14-18(17)16-11-5-2-6-12-16/h15-18H,1-14H2/t17-,18-/m0/s1. The smallest absolute Gasteiger partial charge is 0.0355 e. The Kier molecular flexibility index (Phi) is 4.65. The lowest BCUT2D eigenvalue weighted by Crippen LogP contribution is -2.34. The van der Waals surface area contributed by atoms with E-state index in [9.17, 15) is 0 Å². The van der Waals surface area contributed by atoms with Crippen LogP contribution in [-0.4, -0.2) is 0 Å². The molecule has 3 aliphatic rings. The first kappa shape index (κ1) is 13.0. The summed E-state index contributed by atoms with van der Waals surface area (Å²) < 4.78 is 0. The Morgan fingerprint density at radius 1 is 0.333 bits per heavy atom. The fourth-order valence-corrected chi connectivity index (χ4v) is 5.48. The van der Waals surface area contributed by atoms with Gasteiger partial charge in [0.1, 0.15) is 0 Å². The van der Waals surface area contributed by atoms with E-state index in [-0.39, 0.29) is 0 Å². The molecular formula is C18H32. The van der Waals surface area contributed by atoms with Gasteiger partial charge in [-0.3, -0.25) is 0 Å². The molecule has 0 saturated heterocycles. The SMILES string of the molecule is C1CCC([C@@H]2CCCC[C@H]2C2CCCCC2)CC1. The molecule has 0 N–H and O–H groups in total. The Morgan fingerprint density at radius 3 is 1.06 bits per heavy atom. The third-order valence-electron chi connectivity index (χ3n) is 6.39. The van der Waals surface area contributed by atoms with E-state index < -0.39 is 0 Å². The highest BCUT2D eigenvalue weighted by Crippen LogP contribution is 2.47. The summed E-state index contributed by atoms with van der Waals surface area (Å²) in [7, 11) is 0. The molecule has 104 valence electrons. The normalized spacial score (nSPS) is 36.7. The Balaban J connectivity index is 1.64. The molecule has 0 aliphatic heterocycles. The van der Waals surface area contributed by atoms with Crippen molar-refractivity contribution in [3.05, 3.63) is 0 Å². The van der Waals surface area contributed by atoms with Crippen LogP contribution in [-0.2, 0) is 0 Å². The fourth-order valence-electron chi connectivity index (χ4n) is 5.48. The largest absolute Gasteiger partial charge is 0.0533 e. The van der Waals surface area contributed by atoms with Crippen LogP contribution in [0, 0.1) is 23.7 Å². The minimum atomic E-state index is 1.13. The predicted molar refractivity (Wildman–Crippen MR) is 78.6 cm³/mol. The minimum Gasteiger partial charge on any atom is -0.0533 e. The van der Waals surface area contributed by atoms with Gasteiger partial charge in [-0.1, -0.05) is 77.0 Å². The monoisotopic (exact) mass is 248 g/mol. The molecule has 0 radical (unpaired) electrons. The molecule has 0 spiro atoms. The molecule has 2 atom stereocenters. The van der Waals surface area contributed by atoms with Crippen molar-refractivity contribution in [2.75, 3.05) is 0 Å². The third kappa shape index (κ3) is 2.94. The molecule has 0 heteroatoms. The summed E-state index contributed by atoms with van der Waals surface area (Å²) in [6.45, 7) is 0. The van der Waals surface area contributed by atoms with Crippen LogP contribution in [0.5, 0.6) is 0 Å². The van der Waals surface area contributed by atoms with E-state index in [0.717, 1.165) is 23.7 Å². The van der Waals surface area contributed by atoms with Gasteiger partial charge in [0, 0.05) is 0 Å². The molecule has 0 bridgehead atoms.